The van der Waals surface area contributed by atoms with Gasteiger partial charge in [0, 0.05) is 25.0 Å². The zero-order valence-corrected chi connectivity index (χ0v) is 18.2. The van der Waals surface area contributed by atoms with E-state index in [2.05, 4.69) is 76.2 Å². The second-order valence-corrected chi connectivity index (χ2v) is 12.9. The smallest absolute Gasteiger partial charge is 0.261 e. The predicted molar refractivity (Wildman–Crippen MR) is 116 cm³/mol. The molecule has 3 rings (SSSR count). The monoisotopic (exact) mass is 394 g/mol. The number of carbonyl (C=O) groups excluding carboxylic acids is 1. The van der Waals surface area contributed by atoms with E-state index >= 15 is 0 Å². The highest BCUT2D eigenvalue weighted by Gasteiger charge is 2.50. The predicted octanol–water partition coefficient (Wildman–Crippen LogP) is 4.07. The molecule has 0 bridgehead atoms. The molecule has 148 valence electrons. The third-order valence-corrected chi connectivity index (χ3v) is 10.5. The van der Waals surface area contributed by atoms with Crippen molar-refractivity contribution in [3.8, 4) is 0 Å². The number of benzene rings is 2. The maximum atomic E-state index is 11.8. The molecule has 28 heavy (non-hydrogen) atoms. The van der Waals surface area contributed by atoms with Crippen molar-refractivity contribution >= 4 is 24.5 Å². The van der Waals surface area contributed by atoms with Gasteiger partial charge in [-0.05, 0) is 15.4 Å². The molecule has 0 saturated heterocycles. The fraction of sp³-hybridized carbons (Fsp3) is 0.375. The Labute approximate surface area is 169 Å². The topological polar surface area (TPSA) is 35.5 Å². The molecule has 2 aromatic carbocycles. The molecule has 0 aromatic heterocycles. The Bertz CT molecular complexity index is 769. The van der Waals surface area contributed by atoms with Gasteiger partial charge in [0.2, 0.25) is 0 Å². The van der Waals surface area contributed by atoms with Gasteiger partial charge in [-0.1, -0.05) is 88.4 Å². The first-order valence-electron chi connectivity index (χ1n) is 9.94. The van der Waals surface area contributed by atoms with Crippen LogP contribution in [-0.4, -0.2) is 26.8 Å². The van der Waals surface area contributed by atoms with E-state index in [4.69, 9.17) is 9.16 Å². The van der Waals surface area contributed by atoms with Crippen LogP contribution in [0.3, 0.4) is 0 Å². The fourth-order valence-electron chi connectivity index (χ4n) is 3.99. The van der Waals surface area contributed by atoms with Crippen LogP contribution in [-0.2, 0) is 14.0 Å². The Morgan fingerprint density at radius 3 is 2.04 bits per heavy atom. The van der Waals surface area contributed by atoms with Gasteiger partial charge in [-0.15, -0.1) is 0 Å². The maximum Gasteiger partial charge on any atom is 0.261 e. The van der Waals surface area contributed by atoms with Gasteiger partial charge in [-0.3, -0.25) is 4.79 Å². The number of hydrogen-bond acceptors (Lipinski definition) is 3. The van der Waals surface area contributed by atoms with Gasteiger partial charge in [0.15, 0.2) is 5.78 Å². The van der Waals surface area contributed by atoms with E-state index in [0.29, 0.717) is 13.0 Å². The molecule has 1 aliphatic heterocycles. The van der Waals surface area contributed by atoms with Crippen LogP contribution in [0.5, 0.6) is 0 Å². The zero-order chi connectivity index (χ0) is 20.2. The molecule has 1 aliphatic rings. The van der Waals surface area contributed by atoms with Crippen molar-refractivity contribution in [2.24, 2.45) is 5.92 Å². The van der Waals surface area contributed by atoms with Crippen molar-refractivity contribution in [3.05, 3.63) is 73.0 Å². The molecule has 3 nitrogen and oxygen atoms in total. The quantitative estimate of drug-likeness (QED) is 0.693. The Morgan fingerprint density at radius 1 is 1.04 bits per heavy atom. The third kappa shape index (κ3) is 4.13. The van der Waals surface area contributed by atoms with Gasteiger partial charge in [0.25, 0.3) is 8.32 Å². The van der Waals surface area contributed by atoms with Crippen LogP contribution >= 0.6 is 0 Å². The minimum Gasteiger partial charge on any atom is -0.497 e. The summed E-state index contributed by atoms with van der Waals surface area (Å²) in [5.41, 5.74) is 0. The number of hydrogen-bond donors (Lipinski definition) is 0. The molecular weight excluding hydrogens is 364 g/mol. The number of rotatable bonds is 6. The van der Waals surface area contributed by atoms with Crippen LogP contribution in [0.4, 0.5) is 0 Å². The fourth-order valence-corrected chi connectivity index (χ4v) is 8.66. The van der Waals surface area contributed by atoms with E-state index in [-0.39, 0.29) is 22.8 Å². The van der Waals surface area contributed by atoms with E-state index in [0.717, 1.165) is 0 Å². The molecule has 4 heteroatoms. The first-order chi connectivity index (χ1) is 13.3. The average molecular weight is 395 g/mol. The lowest BCUT2D eigenvalue weighted by Crippen LogP contribution is -2.67. The summed E-state index contributed by atoms with van der Waals surface area (Å²) < 4.78 is 12.6. The molecule has 0 spiro atoms. The molecule has 2 aromatic rings. The van der Waals surface area contributed by atoms with Gasteiger partial charge < -0.3 is 9.16 Å². The first kappa shape index (κ1) is 20.6. The van der Waals surface area contributed by atoms with E-state index in [9.17, 15) is 4.79 Å². The number of allylic oxidation sites excluding steroid dienone is 1. The highest BCUT2D eigenvalue weighted by Crippen LogP contribution is 2.37. The molecule has 0 saturated carbocycles. The van der Waals surface area contributed by atoms with Crippen molar-refractivity contribution in [2.75, 3.05) is 6.61 Å². The molecule has 0 aliphatic carbocycles. The molecule has 0 amide bonds. The summed E-state index contributed by atoms with van der Waals surface area (Å²) in [6.45, 7) is 9.47. The normalized spacial score (nSPS) is 18.6. The first-order valence-corrected chi connectivity index (χ1v) is 11.9. The molecule has 0 fully saturated rings. The van der Waals surface area contributed by atoms with Gasteiger partial charge in [-0.2, -0.15) is 0 Å². The summed E-state index contributed by atoms with van der Waals surface area (Å²) in [4.78, 5) is 11.8. The SMILES string of the molecule is C[C@H](CO[Si](c1ccccc1)(c1ccccc1)C(C)(C)C)[C@@H]1CC(=O)C=CO1. The summed E-state index contributed by atoms with van der Waals surface area (Å²) in [7, 11) is -2.55. The number of carbonyl (C=O) groups is 1. The van der Waals surface area contributed by atoms with Crippen LogP contribution < -0.4 is 10.4 Å². The van der Waals surface area contributed by atoms with E-state index in [1.807, 2.05) is 12.1 Å². The van der Waals surface area contributed by atoms with Crippen molar-refractivity contribution in [3.63, 3.8) is 0 Å². The van der Waals surface area contributed by atoms with Crippen molar-refractivity contribution in [1.82, 2.24) is 0 Å². The Kier molecular flexibility index (Phi) is 6.21. The Hall–Kier alpha value is -2.17. The van der Waals surface area contributed by atoms with Crippen LogP contribution in [0.2, 0.25) is 5.04 Å². The van der Waals surface area contributed by atoms with Gasteiger partial charge >= 0.3 is 0 Å². The summed E-state index contributed by atoms with van der Waals surface area (Å²) in [6.07, 6.45) is 3.32. The van der Waals surface area contributed by atoms with E-state index in [1.54, 1.807) is 0 Å². The van der Waals surface area contributed by atoms with Gasteiger partial charge in [0.1, 0.15) is 6.10 Å². The third-order valence-electron chi connectivity index (χ3n) is 5.52. The zero-order valence-electron chi connectivity index (χ0n) is 17.2. The minimum absolute atomic E-state index is 0.0570. The molecule has 0 N–H and O–H groups in total. The van der Waals surface area contributed by atoms with Crippen molar-refractivity contribution in [1.29, 1.82) is 0 Å². The summed E-state index contributed by atoms with van der Waals surface area (Å²) in [5.74, 6) is 0.240. The molecular formula is C24H30O3Si. The minimum atomic E-state index is -2.55. The lowest BCUT2D eigenvalue weighted by atomic mass is 9.99. The summed E-state index contributed by atoms with van der Waals surface area (Å²) in [5, 5.41) is 2.47. The molecule has 2 atom stereocenters. The lowest BCUT2D eigenvalue weighted by molar-refractivity contribution is -0.119. The van der Waals surface area contributed by atoms with Crippen LogP contribution in [0.25, 0.3) is 0 Å². The summed E-state index contributed by atoms with van der Waals surface area (Å²) >= 11 is 0. The Balaban J connectivity index is 1.97. The number of ketones is 1. The maximum absolute atomic E-state index is 11.8. The molecule has 0 radical (unpaired) electrons. The molecule has 0 unspecified atom stereocenters. The lowest BCUT2D eigenvalue weighted by Gasteiger charge is -2.44. The van der Waals surface area contributed by atoms with Crippen molar-refractivity contribution in [2.45, 2.75) is 45.3 Å². The van der Waals surface area contributed by atoms with Crippen LogP contribution in [0, 0.1) is 5.92 Å². The van der Waals surface area contributed by atoms with E-state index in [1.165, 1.54) is 22.7 Å². The average Bonchev–Trinajstić information content (AvgIpc) is 2.69. The summed E-state index contributed by atoms with van der Waals surface area (Å²) in [6, 6.07) is 21.2. The highest BCUT2D eigenvalue weighted by atomic mass is 28.4. The van der Waals surface area contributed by atoms with Crippen molar-refractivity contribution < 1.29 is 14.0 Å². The molecule has 1 heterocycles. The van der Waals surface area contributed by atoms with Gasteiger partial charge in [-0.25, -0.2) is 0 Å². The Morgan fingerprint density at radius 2 is 1.57 bits per heavy atom. The second kappa shape index (κ2) is 8.46. The highest BCUT2D eigenvalue weighted by molar-refractivity contribution is 6.99. The van der Waals surface area contributed by atoms with Crippen LogP contribution in [0.15, 0.2) is 73.0 Å². The van der Waals surface area contributed by atoms with Crippen LogP contribution in [0.1, 0.15) is 34.1 Å². The standard InChI is InChI=1S/C24H30O3Si/c1-19(23-17-20(25)15-16-26-23)18-27-28(24(2,3)4,21-11-7-5-8-12-21)22-13-9-6-10-14-22/h5-16,19,23H,17-18H2,1-4H3/t19-,23+/m1/s1. The largest absolute Gasteiger partial charge is 0.497 e. The number of ether oxygens (including phenoxy) is 1. The van der Waals surface area contributed by atoms with Gasteiger partial charge in [0.05, 0.1) is 6.26 Å². The second-order valence-electron chi connectivity index (χ2n) is 8.60. The van der Waals surface area contributed by atoms with E-state index < -0.39 is 8.32 Å².